The normalized spacial score (nSPS) is 24.5. The maximum Gasteiger partial charge on any atom is 0.410 e. The van der Waals surface area contributed by atoms with E-state index in [1.807, 2.05) is 30.3 Å². The van der Waals surface area contributed by atoms with Crippen LogP contribution in [0.2, 0.25) is 0 Å². The molecule has 2 aliphatic heterocycles. The lowest BCUT2D eigenvalue weighted by Crippen LogP contribution is -2.70. The summed E-state index contributed by atoms with van der Waals surface area (Å²) in [6, 6.07) is 16.9. The second-order valence-electron chi connectivity index (χ2n) is 15.1. The number of nitrogens with zero attached hydrogens (tertiary/aromatic N) is 2. The summed E-state index contributed by atoms with van der Waals surface area (Å²) in [5.41, 5.74) is 3.65. The van der Waals surface area contributed by atoms with Crippen molar-refractivity contribution in [3.05, 3.63) is 107 Å². The van der Waals surface area contributed by atoms with E-state index < -0.39 is 23.8 Å². The van der Waals surface area contributed by atoms with Gasteiger partial charge in [0.2, 0.25) is 12.6 Å². The number of benzene rings is 3. The van der Waals surface area contributed by atoms with Crippen LogP contribution in [0.15, 0.2) is 90.1 Å². The predicted molar refractivity (Wildman–Crippen MR) is 213 cm³/mol. The summed E-state index contributed by atoms with van der Waals surface area (Å²) in [6.45, 7) is 4.51. The molecule has 6 atom stereocenters. The average molecular weight is 801 g/mol. The third-order valence-corrected chi connectivity index (χ3v) is 11.8. The molecule has 12 nitrogen and oxygen atoms in total. The summed E-state index contributed by atoms with van der Waals surface area (Å²) in [5.74, 6) is -0.234. The first-order valence-corrected chi connectivity index (χ1v) is 20.1. The summed E-state index contributed by atoms with van der Waals surface area (Å²) in [4.78, 5) is 21.3. The lowest BCUT2D eigenvalue weighted by Gasteiger charge is -2.59. The van der Waals surface area contributed by atoms with Crippen LogP contribution in [-0.2, 0) is 27.5 Å². The zero-order chi connectivity index (χ0) is 40.6. The van der Waals surface area contributed by atoms with E-state index in [1.54, 1.807) is 35.2 Å². The number of aliphatic hydroxyl groups is 2. The molecule has 7 rings (SSSR count). The Hall–Kier alpha value is -5.11. The van der Waals surface area contributed by atoms with Gasteiger partial charge in [0.15, 0.2) is 11.5 Å². The number of aliphatic hydroxyl groups excluding tert-OH is 2. The summed E-state index contributed by atoms with van der Waals surface area (Å²) >= 11 is 0. The van der Waals surface area contributed by atoms with Gasteiger partial charge in [-0.05, 0) is 85.1 Å². The molecule has 0 unspecified atom stereocenters. The molecule has 2 heterocycles. The Morgan fingerprint density at radius 3 is 2.53 bits per heavy atom. The lowest BCUT2D eigenvalue weighted by molar-refractivity contribution is -0.256. The Kier molecular flexibility index (Phi) is 13.2. The number of methoxy groups -OCH3 is 1. The molecule has 4 aliphatic rings. The van der Waals surface area contributed by atoms with Gasteiger partial charge in [0, 0.05) is 43.2 Å². The number of rotatable bonds is 18. The van der Waals surface area contributed by atoms with Gasteiger partial charge in [0.05, 0.1) is 25.3 Å². The number of hydrogen-bond acceptors (Lipinski definition) is 11. The van der Waals surface area contributed by atoms with Crippen molar-refractivity contribution < 1.29 is 52.7 Å². The van der Waals surface area contributed by atoms with Gasteiger partial charge in [-0.3, -0.25) is 4.90 Å². The van der Waals surface area contributed by atoms with E-state index in [0.717, 1.165) is 42.4 Å². The molecule has 1 amide bonds. The number of carbonyl (C=O) groups is 1. The summed E-state index contributed by atoms with van der Waals surface area (Å²) < 4.78 is 51.9. The number of halogens is 1. The molecule has 2 aliphatic carbocycles. The van der Waals surface area contributed by atoms with E-state index in [9.17, 15) is 19.4 Å². The summed E-state index contributed by atoms with van der Waals surface area (Å²) in [7, 11) is 2.86. The zero-order valence-electron chi connectivity index (χ0n) is 33.1. The molecule has 13 heteroatoms. The van der Waals surface area contributed by atoms with Crippen molar-refractivity contribution in [1.82, 2.24) is 4.90 Å². The molecule has 0 aromatic heterocycles. The molecule has 310 valence electrons. The number of oxime groups is 1. The minimum Gasteiger partial charge on any atom is -0.489 e. The molecule has 2 N–H and O–H groups in total. The highest BCUT2D eigenvalue weighted by Gasteiger charge is 2.65. The minimum atomic E-state index is -1.48. The molecular formula is C45H53FN2O10. The smallest absolute Gasteiger partial charge is 0.410 e. The van der Waals surface area contributed by atoms with Crippen LogP contribution in [0, 0.1) is 23.6 Å². The van der Waals surface area contributed by atoms with Crippen molar-refractivity contribution in [2.75, 3.05) is 40.8 Å². The Morgan fingerprint density at radius 1 is 1.00 bits per heavy atom. The fourth-order valence-electron chi connectivity index (χ4n) is 9.28. The van der Waals surface area contributed by atoms with Crippen LogP contribution in [0.25, 0.3) is 0 Å². The molecule has 3 aromatic carbocycles. The number of hydrogen-bond donors (Lipinski definition) is 2. The van der Waals surface area contributed by atoms with Gasteiger partial charge >= 0.3 is 6.09 Å². The van der Waals surface area contributed by atoms with Crippen molar-refractivity contribution >= 4 is 11.8 Å². The summed E-state index contributed by atoms with van der Waals surface area (Å²) in [5, 5.41) is 24.3. The predicted octanol–water partition coefficient (Wildman–Crippen LogP) is 7.67. The van der Waals surface area contributed by atoms with Crippen LogP contribution in [0.3, 0.4) is 0 Å². The molecule has 0 spiro atoms. The van der Waals surface area contributed by atoms with Crippen LogP contribution < -0.4 is 18.9 Å². The molecule has 0 bridgehead atoms. The fraction of sp³-hybridized carbons (Fsp3) is 0.467. The highest BCUT2D eigenvalue weighted by atomic mass is 19.1. The van der Waals surface area contributed by atoms with Gasteiger partial charge < -0.3 is 43.5 Å². The van der Waals surface area contributed by atoms with E-state index in [-0.39, 0.29) is 69.8 Å². The highest BCUT2D eigenvalue weighted by molar-refractivity contribution is 6.03. The van der Waals surface area contributed by atoms with Gasteiger partial charge in [-0.1, -0.05) is 54.4 Å². The fourth-order valence-corrected chi connectivity index (χ4v) is 9.28. The Balaban J connectivity index is 1.40. The van der Waals surface area contributed by atoms with E-state index >= 15 is 0 Å². The molecule has 1 fully saturated rings. The van der Waals surface area contributed by atoms with E-state index in [4.69, 9.17) is 33.3 Å². The first-order chi connectivity index (χ1) is 28.3. The quantitative estimate of drug-likeness (QED) is 0.0750. The third kappa shape index (κ3) is 8.25. The van der Waals surface area contributed by atoms with Crippen molar-refractivity contribution in [3.8, 4) is 23.0 Å². The average Bonchev–Trinajstić information content (AvgIpc) is 3.71. The summed E-state index contributed by atoms with van der Waals surface area (Å²) in [6.07, 6.45) is 7.99. The largest absolute Gasteiger partial charge is 0.489 e. The first kappa shape index (κ1) is 41.1. The number of ether oxygens (including phenoxy) is 6. The molecule has 3 aromatic rings. The SMILES string of the molecule is C=CCO[C@@]12Oc3ccc(OCc4ccccc4F)cc3[C@H]3[C@H](CCCCO)[C@@H](CCCCO)C=C(C(=NOC)C[C@@H]1N(Cc1ccc4c(c1)OCO4)C(=O)OC)[C@H]32. The van der Waals surface area contributed by atoms with Crippen LogP contribution in [0.1, 0.15) is 67.6 Å². The van der Waals surface area contributed by atoms with E-state index in [1.165, 1.54) is 20.3 Å². The van der Waals surface area contributed by atoms with Gasteiger partial charge in [-0.15, -0.1) is 6.58 Å². The standard InChI is InChI=1S/C45H53FN2O10/c1-4-21-57-45-41(48(44(51)52-2)26-29-15-17-39-40(22-29)56-28-55-39)25-37(47-53-3)34-23-30(11-7-9-19-49)33(13-8-10-20-50)42(43(34)45)35-24-32(16-18-38(35)58-45)54-27-31-12-5-6-14-36(31)46/h4-6,12,14-18,22-24,30,33,41-43,49-50H,1,7-11,13,19-21,25-28H2,2-3H3/t30-,33+,41-,42+,43+,45+/m0/s1. The van der Waals surface area contributed by atoms with E-state index in [2.05, 4.69) is 17.8 Å². The van der Waals surface area contributed by atoms with Crippen LogP contribution in [0.4, 0.5) is 9.18 Å². The van der Waals surface area contributed by atoms with Crippen LogP contribution >= 0.6 is 0 Å². The molecule has 0 saturated heterocycles. The number of unbranched alkanes of at least 4 members (excludes halogenated alkanes) is 2. The first-order valence-electron chi connectivity index (χ1n) is 20.1. The lowest BCUT2D eigenvalue weighted by atomic mass is 9.55. The van der Waals surface area contributed by atoms with Gasteiger partial charge in [0.1, 0.15) is 37.1 Å². The topological polar surface area (TPSA) is 138 Å². The number of fused-ring (bicyclic) bond motifs is 3. The van der Waals surface area contributed by atoms with Crippen molar-refractivity contribution in [2.45, 2.75) is 75.8 Å². The maximum absolute atomic E-state index is 14.7. The molecular weight excluding hydrogens is 747 g/mol. The maximum atomic E-state index is 14.7. The Bertz CT molecular complexity index is 1990. The van der Waals surface area contributed by atoms with Gasteiger partial charge in [0.25, 0.3) is 0 Å². The number of amides is 1. The van der Waals surface area contributed by atoms with E-state index in [0.29, 0.717) is 47.1 Å². The Morgan fingerprint density at radius 2 is 1.78 bits per heavy atom. The van der Waals surface area contributed by atoms with Crippen molar-refractivity contribution in [1.29, 1.82) is 0 Å². The molecule has 0 radical (unpaired) electrons. The second kappa shape index (κ2) is 18.6. The number of carbonyl (C=O) groups excluding carboxylic acids is 1. The van der Waals surface area contributed by atoms with Crippen molar-refractivity contribution in [3.63, 3.8) is 0 Å². The molecule has 58 heavy (non-hydrogen) atoms. The zero-order valence-corrected chi connectivity index (χ0v) is 33.1. The van der Waals surface area contributed by atoms with Gasteiger partial charge in [-0.25, -0.2) is 9.18 Å². The Labute approximate surface area is 338 Å². The minimum absolute atomic E-state index is 0.0122. The second-order valence-corrected chi connectivity index (χ2v) is 15.1. The van der Waals surface area contributed by atoms with Crippen LogP contribution in [0.5, 0.6) is 23.0 Å². The molecule has 1 saturated carbocycles. The third-order valence-electron chi connectivity index (χ3n) is 11.8. The monoisotopic (exact) mass is 800 g/mol. The number of allylic oxidation sites excluding steroid dienone is 1. The highest BCUT2D eigenvalue weighted by Crippen LogP contribution is 2.62. The van der Waals surface area contributed by atoms with Gasteiger partial charge in [-0.2, -0.15) is 0 Å². The van der Waals surface area contributed by atoms with Crippen molar-refractivity contribution in [2.24, 2.45) is 22.9 Å². The van der Waals surface area contributed by atoms with Crippen LogP contribution in [-0.4, -0.2) is 79.6 Å².